The van der Waals surface area contributed by atoms with Crippen molar-refractivity contribution in [2.45, 2.75) is 32.3 Å². The number of ether oxygens (including phenoxy) is 1. The fourth-order valence-electron chi connectivity index (χ4n) is 2.36. The normalized spacial score (nSPS) is 12.7. The van der Waals surface area contributed by atoms with E-state index in [4.69, 9.17) is 9.84 Å². The van der Waals surface area contributed by atoms with Gasteiger partial charge in [-0.25, -0.2) is 0 Å². The number of fused-ring (bicyclic) bond motifs is 1. The molecule has 2 aromatic carbocycles. The van der Waals surface area contributed by atoms with Crippen molar-refractivity contribution in [3.63, 3.8) is 0 Å². The number of carbonyl (C=O) groups excluding carboxylic acids is 1. The zero-order valence-corrected chi connectivity index (χ0v) is 13.5. The van der Waals surface area contributed by atoms with Gasteiger partial charge in [0, 0.05) is 0 Å². The average molecular weight is 315 g/mol. The molecule has 0 aromatic heterocycles. The van der Waals surface area contributed by atoms with E-state index in [9.17, 15) is 9.59 Å². The average Bonchev–Trinajstić information content (AvgIpc) is 2.51. The summed E-state index contributed by atoms with van der Waals surface area (Å²) in [6.45, 7) is 5.86. The molecule has 0 fully saturated rings. The monoisotopic (exact) mass is 315 g/mol. The van der Waals surface area contributed by atoms with Crippen LogP contribution in [0.5, 0.6) is 5.75 Å². The van der Waals surface area contributed by atoms with Crippen molar-refractivity contribution in [1.82, 2.24) is 5.32 Å². The van der Waals surface area contributed by atoms with E-state index in [0.29, 0.717) is 18.7 Å². The topological polar surface area (TPSA) is 75.6 Å². The number of benzene rings is 2. The number of carboxylic acids is 1. The van der Waals surface area contributed by atoms with E-state index in [1.54, 1.807) is 6.92 Å². The van der Waals surface area contributed by atoms with E-state index in [1.165, 1.54) is 0 Å². The molecule has 0 bridgehead atoms. The summed E-state index contributed by atoms with van der Waals surface area (Å²) >= 11 is 0. The number of amides is 1. The van der Waals surface area contributed by atoms with Crippen LogP contribution in [-0.4, -0.2) is 29.6 Å². The van der Waals surface area contributed by atoms with Gasteiger partial charge in [0.15, 0.2) is 0 Å². The molecule has 2 rings (SSSR count). The molecule has 0 heterocycles. The second kappa shape index (κ2) is 6.69. The Morgan fingerprint density at radius 2 is 1.91 bits per heavy atom. The van der Waals surface area contributed by atoms with Crippen molar-refractivity contribution in [3.05, 3.63) is 42.0 Å². The summed E-state index contributed by atoms with van der Waals surface area (Å²) in [5, 5.41) is 13.7. The van der Waals surface area contributed by atoms with Crippen molar-refractivity contribution in [3.8, 4) is 5.75 Å². The maximum Gasteiger partial charge on any atom is 0.310 e. The Bertz CT molecular complexity index is 724. The molecule has 122 valence electrons. The maximum atomic E-state index is 11.1. The minimum atomic E-state index is -0.839. The van der Waals surface area contributed by atoms with E-state index in [-0.39, 0.29) is 0 Å². The number of carboxylic acid groups (broad SMARTS) is 1. The van der Waals surface area contributed by atoms with Crippen LogP contribution in [0.3, 0.4) is 0 Å². The molecule has 2 aromatic rings. The molecular weight excluding hydrogens is 294 g/mol. The summed E-state index contributed by atoms with van der Waals surface area (Å²) in [6.07, 6.45) is 0.649. The fourth-order valence-corrected chi connectivity index (χ4v) is 2.36. The lowest BCUT2D eigenvalue weighted by atomic mass is 9.98. The van der Waals surface area contributed by atoms with Crippen molar-refractivity contribution < 1.29 is 19.4 Å². The lowest BCUT2D eigenvalue weighted by Crippen LogP contribution is -2.39. The standard InChI is InChI=1S/C18H21NO4/c1-12(17(21)22)13-4-5-15-9-16(7-6-14(15)8-13)23-18(2,3)10-19-11-20/h4-9,11-12H,10H2,1-3H3,(H,19,20)(H,21,22)/t12-/m0/s1. The zero-order valence-electron chi connectivity index (χ0n) is 13.5. The highest BCUT2D eigenvalue weighted by molar-refractivity contribution is 5.86. The number of aliphatic carboxylic acids is 1. The van der Waals surface area contributed by atoms with Crippen LogP contribution in [0.1, 0.15) is 32.3 Å². The summed E-state index contributed by atoms with van der Waals surface area (Å²) in [6, 6.07) is 11.3. The molecule has 0 radical (unpaired) electrons. The van der Waals surface area contributed by atoms with Gasteiger partial charge in [-0.15, -0.1) is 0 Å². The van der Waals surface area contributed by atoms with Crippen LogP contribution in [0.2, 0.25) is 0 Å². The smallest absolute Gasteiger partial charge is 0.310 e. The Labute approximate surface area is 135 Å². The van der Waals surface area contributed by atoms with Gasteiger partial charge in [0.1, 0.15) is 11.4 Å². The second-order valence-corrected chi connectivity index (χ2v) is 6.19. The van der Waals surface area contributed by atoms with E-state index >= 15 is 0 Å². The molecule has 1 atom stereocenters. The Morgan fingerprint density at radius 3 is 2.57 bits per heavy atom. The van der Waals surface area contributed by atoms with Crippen molar-refractivity contribution in [1.29, 1.82) is 0 Å². The Balaban J connectivity index is 2.24. The molecule has 0 aliphatic rings. The zero-order chi connectivity index (χ0) is 17.0. The first kappa shape index (κ1) is 16.8. The summed E-state index contributed by atoms with van der Waals surface area (Å²) in [4.78, 5) is 21.5. The molecule has 0 aliphatic carbocycles. The van der Waals surface area contributed by atoms with Crippen LogP contribution >= 0.6 is 0 Å². The predicted octanol–water partition coefficient (Wildman–Crippen LogP) is 2.93. The highest BCUT2D eigenvalue weighted by atomic mass is 16.5. The molecule has 0 unspecified atom stereocenters. The predicted molar refractivity (Wildman–Crippen MR) is 88.8 cm³/mol. The molecule has 2 N–H and O–H groups in total. The highest BCUT2D eigenvalue weighted by Crippen LogP contribution is 2.27. The molecule has 23 heavy (non-hydrogen) atoms. The lowest BCUT2D eigenvalue weighted by Gasteiger charge is -2.26. The first-order chi connectivity index (χ1) is 10.8. The lowest BCUT2D eigenvalue weighted by molar-refractivity contribution is -0.138. The van der Waals surface area contributed by atoms with E-state index < -0.39 is 17.5 Å². The van der Waals surface area contributed by atoms with Crippen molar-refractivity contribution in [2.24, 2.45) is 0 Å². The minimum absolute atomic E-state index is 0.406. The van der Waals surface area contributed by atoms with Crippen LogP contribution in [0.25, 0.3) is 10.8 Å². The maximum absolute atomic E-state index is 11.1. The quantitative estimate of drug-likeness (QED) is 0.770. The largest absolute Gasteiger partial charge is 0.486 e. The van der Waals surface area contributed by atoms with Crippen LogP contribution in [0.4, 0.5) is 0 Å². The SMILES string of the molecule is C[C@H](C(=O)O)c1ccc2cc(OC(C)(C)CNC=O)ccc2c1. The van der Waals surface area contributed by atoms with Crippen LogP contribution in [-0.2, 0) is 9.59 Å². The minimum Gasteiger partial charge on any atom is -0.486 e. The molecule has 0 spiro atoms. The van der Waals surface area contributed by atoms with Gasteiger partial charge in [-0.2, -0.15) is 0 Å². The number of hydrogen-bond acceptors (Lipinski definition) is 3. The van der Waals surface area contributed by atoms with Crippen LogP contribution in [0.15, 0.2) is 36.4 Å². The van der Waals surface area contributed by atoms with Gasteiger partial charge in [-0.1, -0.05) is 24.3 Å². The van der Waals surface area contributed by atoms with Gasteiger partial charge in [0.05, 0.1) is 12.5 Å². The summed E-state index contributed by atoms with van der Waals surface area (Å²) in [7, 11) is 0. The van der Waals surface area contributed by atoms with Gasteiger partial charge in [-0.3, -0.25) is 9.59 Å². The van der Waals surface area contributed by atoms with E-state index in [1.807, 2.05) is 50.2 Å². The van der Waals surface area contributed by atoms with Gasteiger partial charge in [-0.05, 0) is 49.2 Å². The van der Waals surface area contributed by atoms with Gasteiger partial charge in [0.2, 0.25) is 6.41 Å². The van der Waals surface area contributed by atoms with Crippen LogP contribution in [0, 0.1) is 0 Å². The van der Waals surface area contributed by atoms with Crippen molar-refractivity contribution in [2.75, 3.05) is 6.54 Å². The summed E-state index contributed by atoms with van der Waals surface area (Å²) in [5.74, 6) is -0.674. The fraction of sp³-hybridized carbons (Fsp3) is 0.333. The molecule has 5 nitrogen and oxygen atoms in total. The Kier molecular flexibility index (Phi) is 4.89. The van der Waals surface area contributed by atoms with Crippen molar-refractivity contribution >= 4 is 23.2 Å². The third-order valence-electron chi connectivity index (χ3n) is 3.71. The van der Waals surface area contributed by atoms with E-state index in [2.05, 4.69) is 5.32 Å². The van der Waals surface area contributed by atoms with Gasteiger partial charge < -0.3 is 15.2 Å². The number of carbonyl (C=O) groups is 2. The van der Waals surface area contributed by atoms with Gasteiger partial charge in [0.25, 0.3) is 0 Å². The molecule has 0 saturated heterocycles. The Morgan fingerprint density at radius 1 is 1.26 bits per heavy atom. The molecular formula is C18H21NO4. The first-order valence-corrected chi connectivity index (χ1v) is 7.45. The molecule has 0 saturated carbocycles. The third kappa shape index (κ3) is 4.22. The molecule has 5 heteroatoms. The first-order valence-electron chi connectivity index (χ1n) is 7.45. The van der Waals surface area contributed by atoms with Gasteiger partial charge >= 0.3 is 5.97 Å². The molecule has 1 amide bonds. The summed E-state index contributed by atoms with van der Waals surface area (Å²) < 4.78 is 5.91. The Hall–Kier alpha value is -2.56. The molecule has 0 aliphatic heterocycles. The third-order valence-corrected chi connectivity index (χ3v) is 3.71. The summed E-state index contributed by atoms with van der Waals surface area (Å²) in [5.41, 5.74) is 0.251. The second-order valence-electron chi connectivity index (χ2n) is 6.19. The number of rotatable bonds is 7. The van der Waals surface area contributed by atoms with E-state index in [0.717, 1.165) is 16.3 Å². The number of hydrogen-bond donors (Lipinski definition) is 2. The highest BCUT2D eigenvalue weighted by Gasteiger charge is 2.19. The number of nitrogens with one attached hydrogen (secondary N) is 1. The van der Waals surface area contributed by atoms with Crippen LogP contribution < -0.4 is 10.1 Å².